The quantitative estimate of drug-likeness (QED) is 0.182. The number of benzene rings is 2. The van der Waals surface area contributed by atoms with Gasteiger partial charge in [0.2, 0.25) is 10.0 Å². The minimum absolute atomic E-state index is 0.0923. The van der Waals surface area contributed by atoms with Crippen LogP contribution in [0.4, 0.5) is 11.4 Å². The molecule has 1 aliphatic rings. The van der Waals surface area contributed by atoms with Crippen molar-refractivity contribution in [2.75, 3.05) is 18.5 Å². The Kier molecular flexibility index (Phi) is 9.00. The van der Waals surface area contributed by atoms with Crippen LogP contribution in [0.15, 0.2) is 52.5 Å². The molecule has 184 valence electrons. The van der Waals surface area contributed by atoms with Gasteiger partial charge in [-0.05, 0) is 67.6 Å². The third-order valence-electron chi connectivity index (χ3n) is 5.90. The van der Waals surface area contributed by atoms with E-state index >= 15 is 0 Å². The second-order valence-electron chi connectivity index (χ2n) is 8.43. The lowest BCUT2D eigenvalue weighted by atomic mass is 10.0. The number of nitrogens with one attached hydrogen (secondary N) is 1. The van der Waals surface area contributed by atoms with Gasteiger partial charge in [-0.1, -0.05) is 32.6 Å². The lowest BCUT2D eigenvalue weighted by Gasteiger charge is -2.16. The number of nitro benzene ring substituents is 1. The fourth-order valence-corrected chi connectivity index (χ4v) is 5.47. The molecule has 0 bridgehead atoms. The summed E-state index contributed by atoms with van der Waals surface area (Å²) in [5.41, 5.74) is 4.06. The first kappa shape index (κ1) is 25.6. The van der Waals surface area contributed by atoms with Crippen LogP contribution in [0.2, 0.25) is 0 Å². The van der Waals surface area contributed by atoms with Crippen molar-refractivity contribution >= 4 is 27.1 Å². The second kappa shape index (κ2) is 11.9. The van der Waals surface area contributed by atoms with Crippen LogP contribution in [0.1, 0.15) is 63.9 Å². The van der Waals surface area contributed by atoms with E-state index in [-0.39, 0.29) is 22.0 Å². The fraction of sp³-hybridized carbons (Fsp3) is 0.458. The number of hydrogen-bond acceptors (Lipinski definition) is 7. The Labute approximate surface area is 200 Å². The van der Waals surface area contributed by atoms with Gasteiger partial charge < -0.3 is 5.11 Å². The highest BCUT2D eigenvalue weighted by Gasteiger charge is 2.29. The van der Waals surface area contributed by atoms with Crippen molar-refractivity contribution in [1.82, 2.24) is 4.31 Å². The third kappa shape index (κ3) is 6.54. The molecule has 0 atom stereocenters. The minimum Gasteiger partial charge on any atom is -0.508 e. The van der Waals surface area contributed by atoms with Gasteiger partial charge in [0.1, 0.15) is 11.4 Å². The number of sulfonamides is 1. The van der Waals surface area contributed by atoms with E-state index in [1.165, 1.54) is 22.9 Å². The van der Waals surface area contributed by atoms with Gasteiger partial charge in [0.05, 0.1) is 15.5 Å². The first-order valence-electron chi connectivity index (χ1n) is 11.7. The maximum Gasteiger partial charge on any atom is 0.295 e. The summed E-state index contributed by atoms with van der Waals surface area (Å²) in [5, 5.41) is 25.8. The number of hydrazone groups is 1. The van der Waals surface area contributed by atoms with E-state index in [1.54, 1.807) is 24.3 Å². The van der Waals surface area contributed by atoms with Gasteiger partial charge in [-0.25, -0.2) is 8.42 Å². The van der Waals surface area contributed by atoms with Crippen LogP contribution in [0.3, 0.4) is 0 Å². The molecule has 1 heterocycles. The second-order valence-corrected chi connectivity index (χ2v) is 10.4. The molecular weight excluding hydrogens is 456 g/mol. The predicted octanol–water partition coefficient (Wildman–Crippen LogP) is 5.26. The molecule has 1 fully saturated rings. The van der Waals surface area contributed by atoms with Gasteiger partial charge in [-0.2, -0.15) is 9.41 Å². The van der Waals surface area contributed by atoms with E-state index in [0.29, 0.717) is 25.2 Å². The van der Waals surface area contributed by atoms with Gasteiger partial charge in [0.15, 0.2) is 0 Å². The highest BCUT2D eigenvalue weighted by atomic mass is 32.2. The number of nitro groups is 1. The molecule has 10 heteroatoms. The zero-order valence-corrected chi connectivity index (χ0v) is 20.3. The van der Waals surface area contributed by atoms with Crippen molar-refractivity contribution < 1.29 is 18.4 Å². The summed E-state index contributed by atoms with van der Waals surface area (Å²) in [7, 11) is -3.77. The monoisotopic (exact) mass is 488 g/mol. The number of phenolic OH excluding ortho intramolecular Hbond substituents is 1. The summed E-state index contributed by atoms with van der Waals surface area (Å²) >= 11 is 0. The first-order valence-corrected chi connectivity index (χ1v) is 13.2. The lowest BCUT2D eigenvalue weighted by Crippen LogP contribution is -2.27. The van der Waals surface area contributed by atoms with Gasteiger partial charge in [-0.3, -0.25) is 15.5 Å². The zero-order valence-electron chi connectivity index (χ0n) is 19.4. The summed E-state index contributed by atoms with van der Waals surface area (Å²) < 4.78 is 27.0. The fourth-order valence-electron chi connectivity index (χ4n) is 3.94. The van der Waals surface area contributed by atoms with Crippen molar-refractivity contribution in [3.05, 3.63) is 58.1 Å². The van der Waals surface area contributed by atoms with Crippen LogP contribution in [-0.4, -0.2) is 41.6 Å². The molecule has 0 spiro atoms. The molecule has 2 aromatic carbocycles. The summed E-state index contributed by atoms with van der Waals surface area (Å²) in [6, 6.07) is 10.5. The number of hydrogen-bond donors (Lipinski definition) is 2. The van der Waals surface area contributed by atoms with E-state index < -0.39 is 14.9 Å². The maximum absolute atomic E-state index is 12.8. The summed E-state index contributed by atoms with van der Waals surface area (Å²) in [6.45, 7) is 3.01. The van der Waals surface area contributed by atoms with Crippen molar-refractivity contribution in [3.8, 4) is 5.75 Å². The molecule has 3 rings (SSSR count). The van der Waals surface area contributed by atoms with E-state index in [1.807, 2.05) is 0 Å². The van der Waals surface area contributed by atoms with Crippen LogP contribution >= 0.6 is 0 Å². The smallest absolute Gasteiger partial charge is 0.295 e. The van der Waals surface area contributed by atoms with Crippen molar-refractivity contribution in [1.29, 1.82) is 0 Å². The molecule has 0 amide bonds. The molecule has 1 saturated heterocycles. The van der Waals surface area contributed by atoms with Gasteiger partial charge in [0, 0.05) is 19.2 Å². The standard InChI is InChI=1S/C24H32N4O5S/c1-2-3-4-5-6-9-22(19-10-12-20(29)13-11-19)25-26-23-15-14-21(18-24(23)28(30)31)34(32,33)27-16-7-8-17-27/h10-15,18,26,29H,2-9,16-17H2,1H3. The Morgan fingerprint density at radius 3 is 2.41 bits per heavy atom. The average molecular weight is 489 g/mol. The maximum atomic E-state index is 12.8. The number of anilines is 1. The van der Waals surface area contributed by atoms with Crippen LogP contribution in [0.5, 0.6) is 5.75 Å². The Morgan fingerprint density at radius 2 is 1.76 bits per heavy atom. The van der Waals surface area contributed by atoms with E-state index in [4.69, 9.17) is 0 Å². The van der Waals surface area contributed by atoms with E-state index in [9.17, 15) is 23.6 Å². The molecule has 0 radical (unpaired) electrons. The van der Waals surface area contributed by atoms with Gasteiger partial charge in [0.25, 0.3) is 5.69 Å². The highest BCUT2D eigenvalue weighted by molar-refractivity contribution is 7.89. The molecule has 34 heavy (non-hydrogen) atoms. The number of phenols is 1. The molecule has 2 aromatic rings. The largest absolute Gasteiger partial charge is 0.508 e. The van der Waals surface area contributed by atoms with Crippen molar-refractivity contribution in [2.45, 2.75) is 63.2 Å². The Bertz CT molecular complexity index is 1110. The summed E-state index contributed by atoms with van der Waals surface area (Å²) in [5.74, 6) is 0.143. The molecule has 9 nitrogen and oxygen atoms in total. The average Bonchev–Trinajstić information content (AvgIpc) is 3.37. The number of unbranched alkanes of at least 4 members (excludes halogenated alkanes) is 4. The third-order valence-corrected chi connectivity index (χ3v) is 7.79. The van der Waals surface area contributed by atoms with E-state index in [0.717, 1.165) is 50.2 Å². The van der Waals surface area contributed by atoms with Crippen LogP contribution in [0.25, 0.3) is 0 Å². The van der Waals surface area contributed by atoms with Crippen molar-refractivity contribution in [3.63, 3.8) is 0 Å². The van der Waals surface area contributed by atoms with Crippen LogP contribution in [-0.2, 0) is 10.0 Å². The lowest BCUT2D eigenvalue weighted by molar-refractivity contribution is -0.384. The number of aromatic hydroxyl groups is 1. The van der Waals surface area contributed by atoms with Crippen molar-refractivity contribution in [2.24, 2.45) is 5.10 Å². The Morgan fingerprint density at radius 1 is 1.09 bits per heavy atom. The molecule has 1 aliphatic heterocycles. The number of rotatable bonds is 12. The van der Waals surface area contributed by atoms with Crippen LogP contribution in [0, 0.1) is 10.1 Å². The Hall–Kier alpha value is -2.98. The SMILES string of the molecule is CCCCCCCC(=NNc1ccc(S(=O)(=O)N2CCCC2)cc1[N+](=O)[O-])c1ccc(O)cc1. The normalized spacial score (nSPS) is 14.9. The predicted molar refractivity (Wildman–Crippen MR) is 133 cm³/mol. The first-order chi connectivity index (χ1) is 16.3. The molecule has 0 unspecified atom stereocenters. The summed E-state index contributed by atoms with van der Waals surface area (Å²) in [6.07, 6.45) is 7.64. The molecule has 0 saturated carbocycles. The van der Waals surface area contributed by atoms with Gasteiger partial charge in [-0.15, -0.1) is 0 Å². The highest BCUT2D eigenvalue weighted by Crippen LogP contribution is 2.30. The van der Waals surface area contributed by atoms with Crippen LogP contribution < -0.4 is 5.43 Å². The molecular formula is C24H32N4O5S. The summed E-state index contributed by atoms with van der Waals surface area (Å²) in [4.78, 5) is 11.0. The van der Waals surface area contributed by atoms with E-state index in [2.05, 4.69) is 17.5 Å². The zero-order chi connectivity index (χ0) is 24.6. The van der Waals surface area contributed by atoms with Gasteiger partial charge >= 0.3 is 0 Å². The topological polar surface area (TPSA) is 125 Å². The Balaban J connectivity index is 1.85. The molecule has 0 aromatic heterocycles. The molecule has 2 N–H and O–H groups in total. The molecule has 0 aliphatic carbocycles. The number of nitrogens with zero attached hydrogens (tertiary/aromatic N) is 3. The minimum atomic E-state index is -3.77.